The van der Waals surface area contributed by atoms with Crippen LogP contribution in [-0.2, 0) is 9.59 Å². The number of ether oxygens (including phenoxy) is 2. The number of Topliss-reactive ketones (excluding diaryl/α,β-unsaturated/α-hetero) is 1. The Balaban J connectivity index is 1.95. The lowest BCUT2D eigenvalue weighted by atomic mass is 9.97. The highest BCUT2D eigenvalue weighted by Gasteiger charge is 2.48. The van der Waals surface area contributed by atoms with Crippen LogP contribution in [0.4, 0.5) is 5.69 Å². The third-order valence-electron chi connectivity index (χ3n) is 5.67. The van der Waals surface area contributed by atoms with E-state index < -0.39 is 17.7 Å². The molecular weight excluding hydrogens is 506 g/mol. The fraction of sp³-hybridized carbons (Fsp3) is 0.200. The van der Waals surface area contributed by atoms with Crippen molar-refractivity contribution in [2.24, 2.45) is 0 Å². The van der Waals surface area contributed by atoms with Gasteiger partial charge < -0.3 is 14.6 Å². The van der Waals surface area contributed by atoms with Crippen molar-refractivity contribution in [3.63, 3.8) is 0 Å². The minimum atomic E-state index is -0.771. The molecule has 0 saturated carbocycles. The zero-order valence-electron chi connectivity index (χ0n) is 18.5. The number of aliphatic hydroxyl groups is 1. The minimum Gasteiger partial charge on any atom is -0.507 e. The molecule has 0 bridgehead atoms. The summed E-state index contributed by atoms with van der Waals surface area (Å²) in [6, 6.07) is 11.5. The second-order valence-corrected chi connectivity index (χ2v) is 9.44. The fourth-order valence-electron chi connectivity index (χ4n) is 3.93. The average molecular weight is 528 g/mol. The van der Waals surface area contributed by atoms with E-state index in [2.05, 4.69) is 15.9 Å². The van der Waals surface area contributed by atoms with Crippen LogP contribution >= 0.6 is 27.3 Å². The van der Waals surface area contributed by atoms with Crippen molar-refractivity contribution in [3.8, 4) is 11.5 Å². The number of hydrogen-bond donors (Lipinski definition) is 1. The normalized spacial score (nSPS) is 17.5. The molecule has 2 aromatic carbocycles. The molecule has 1 aliphatic rings. The Bertz CT molecular complexity index is 1300. The average Bonchev–Trinajstić information content (AvgIpc) is 3.34. The van der Waals surface area contributed by atoms with Crippen LogP contribution in [0.3, 0.4) is 0 Å². The molecule has 1 fully saturated rings. The summed E-state index contributed by atoms with van der Waals surface area (Å²) in [6.07, 6.45) is 0. The van der Waals surface area contributed by atoms with Gasteiger partial charge in [0.05, 0.1) is 19.8 Å². The summed E-state index contributed by atoms with van der Waals surface area (Å²) in [5.41, 5.74) is 2.83. The highest BCUT2D eigenvalue weighted by Crippen LogP contribution is 2.46. The van der Waals surface area contributed by atoms with E-state index in [1.54, 1.807) is 36.4 Å². The number of halogens is 1. The van der Waals surface area contributed by atoms with Gasteiger partial charge in [-0.25, -0.2) is 0 Å². The Hall–Kier alpha value is -3.10. The maximum Gasteiger partial charge on any atom is 0.300 e. The Morgan fingerprint density at radius 1 is 1.00 bits per heavy atom. The van der Waals surface area contributed by atoms with Crippen molar-refractivity contribution in [2.45, 2.75) is 19.9 Å². The van der Waals surface area contributed by atoms with Gasteiger partial charge in [0.25, 0.3) is 11.7 Å². The topological polar surface area (TPSA) is 76.1 Å². The largest absolute Gasteiger partial charge is 0.507 e. The minimum absolute atomic E-state index is 0.0575. The van der Waals surface area contributed by atoms with E-state index in [0.29, 0.717) is 22.7 Å². The molecule has 3 aromatic rings. The summed E-state index contributed by atoms with van der Waals surface area (Å²) >= 11 is 4.89. The van der Waals surface area contributed by atoms with Gasteiger partial charge in [0.1, 0.15) is 11.8 Å². The maximum atomic E-state index is 13.3. The number of ketones is 1. The lowest BCUT2D eigenvalue weighted by Crippen LogP contribution is -2.29. The molecule has 0 spiro atoms. The molecule has 1 amide bonds. The SMILES string of the molecule is COc1ccc(N2C(=O)C(=O)/C(=C(\O)c3ccc(Br)c(C)c3)C2c2sccc2C)cc1OC. The second kappa shape index (κ2) is 9.03. The fourth-order valence-corrected chi connectivity index (χ4v) is 5.21. The molecule has 4 rings (SSSR count). The Morgan fingerprint density at radius 2 is 1.73 bits per heavy atom. The predicted octanol–water partition coefficient (Wildman–Crippen LogP) is 5.77. The Kier molecular flexibility index (Phi) is 6.32. The number of anilines is 1. The number of thiophene rings is 1. The van der Waals surface area contributed by atoms with Gasteiger partial charge in [-0.2, -0.15) is 0 Å². The van der Waals surface area contributed by atoms with Crippen LogP contribution in [0.25, 0.3) is 5.76 Å². The van der Waals surface area contributed by atoms with E-state index in [9.17, 15) is 14.7 Å². The number of aryl methyl sites for hydroxylation is 2. The zero-order valence-corrected chi connectivity index (χ0v) is 20.9. The highest BCUT2D eigenvalue weighted by molar-refractivity contribution is 9.10. The van der Waals surface area contributed by atoms with E-state index >= 15 is 0 Å². The molecule has 8 heteroatoms. The van der Waals surface area contributed by atoms with Gasteiger partial charge in [0.2, 0.25) is 0 Å². The van der Waals surface area contributed by atoms with Gasteiger partial charge >= 0.3 is 0 Å². The number of methoxy groups -OCH3 is 2. The lowest BCUT2D eigenvalue weighted by Gasteiger charge is -2.25. The summed E-state index contributed by atoms with van der Waals surface area (Å²) in [4.78, 5) is 28.8. The standard InChI is InChI=1S/C25H22BrNO5S/c1-13-9-10-33-24(13)21-20(22(28)15-5-7-17(26)14(2)11-15)23(29)25(30)27(21)16-6-8-18(31-3)19(12-16)32-4/h5-12,21,28H,1-4H3/b22-20-. The molecule has 2 heterocycles. The van der Waals surface area contributed by atoms with E-state index in [0.717, 1.165) is 20.5 Å². The van der Waals surface area contributed by atoms with Gasteiger partial charge in [-0.3, -0.25) is 14.5 Å². The van der Waals surface area contributed by atoms with Crippen molar-refractivity contribution in [1.29, 1.82) is 0 Å². The van der Waals surface area contributed by atoms with Crippen LogP contribution in [0.15, 0.2) is 57.9 Å². The Morgan fingerprint density at radius 3 is 2.33 bits per heavy atom. The van der Waals surface area contributed by atoms with Crippen LogP contribution in [0, 0.1) is 13.8 Å². The first kappa shape index (κ1) is 23.1. The molecule has 1 aliphatic heterocycles. The molecule has 170 valence electrons. The van der Waals surface area contributed by atoms with Crippen LogP contribution in [0.5, 0.6) is 11.5 Å². The quantitative estimate of drug-likeness (QED) is 0.259. The van der Waals surface area contributed by atoms with E-state index in [1.807, 2.05) is 25.3 Å². The summed E-state index contributed by atoms with van der Waals surface area (Å²) in [6.45, 7) is 3.81. The van der Waals surface area contributed by atoms with Gasteiger partial charge in [-0.05, 0) is 60.7 Å². The van der Waals surface area contributed by atoms with Crippen molar-refractivity contribution in [2.75, 3.05) is 19.1 Å². The molecule has 1 saturated heterocycles. The van der Waals surface area contributed by atoms with Crippen molar-refractivity contribution < 1.29 is 24.2 Å². The third kappa shape index (κ3) is 3.94. The number of rotatable bonds is 5. The number of aliphatic hydroxyl groups excluding tert-OH is 1. The monoisotopic (exact) mass is 527 g/mol. The molecule has 33 heavy (non-hydrogen) atoms. The molecule has 1 unspecified atom stereocenters. The first-order valence-electron chi connectivity index (χ1n) is 10.1. The molecule has 0 aliphatic carbocycles. The smallest absolute Gasteiger partial charge is 0.300 e. The molecule has 1 atom stereocenters. The van der Waals surface area contributed by atoms with Crippen molar-refractivity contribution in [1.82, 2.24) is 0 Å². The molecule has 1 aromatic heterocycles. The van der Waals surface area contributed by atoms with Crippen molar-refractivity contribution >= 4 is 50.4 Å². The maximum absolute atomic E-state index is 13.3. The number of benzene rings is 2. The first-order valence-corrected chi connectivity index (χ1v) is 11.8. The van der Waals surface area contributed by atoms with Gasteiger partial charge in [-0.1, -0.05) is 22.0 Å². The van der Waals surface area contributed by atoms with Gasteiger partial charge in [-0.15, -0.1) is 11.3 Å². The number of amides is 1. The lowest BCUT2D eigenvalue weighted by molar-refractivity contribution is -0.132. The Labute approximate surface area is 204 Å². The van der Waals surface area contributed by atoms with Gasteiger partial charge in [0.15, 0.2) is 11.5 Å². The van der Waals surface area contributed by atoms with Crippen LogP contribution in [0.2, 0.25) is 0 Å². The predicted molar refractivity (Wildman–Crippen MR) is 132 cm³/mol. The van der Waals surface area contributed by atoms with E-state index in [-0.39, 0.29) is 11.3 Å². The third-order valence-corrected chi connectivity index (χ3v) is 7.63. The number of hydrogen-bond acceptors (Lipinski definition) is 6. The number of carbonyl (C=O) groups is 2. The molecule has 1 N–H and O–H groups in total. The van der Waals surface area contributed by atoms with Crippen molar-refractivity contribution in [3.05, 3.63) is 79.5 Å². The van der Waals surface area contributed by atoms with E-state index in [1.165, 1.54) is 30.5 Å². The number of nitrogens with zero attached hydrogens (tertiary/aromatic N) is 1. The highest BCUT2D eigenvalue weighted by atomic mass is 79.9. The summed E-state index contributed by atoms with van der Waals surface area (Å²) in [5.74, 6) is -0.713. The van der Waals surface area contributed by atoms with Crippen LogP contribution in [-0.4, -0.2) is 31.0 Å². The molecular formula is C25H22BrNO5S. The number of carbonyl (C=O) groups excluding carboxylic acids is 2. The summed E-state index contributed by atoms with van der Waals surface area (Å²) in [5, 5.41) is 13.2. The molecule has 0 radical (unpaired) electrons. The zero-order chi connectivity index (χ0) is 23.9. The first-order chi connectivity index (χ1) is 15.8. The van der Waals surface area contributed by atoms with E-state index in [4.69, 9.17) is 9.47 Å². The summed E-state index contributed by atoms with van der Waals surface area (Å²) < 4.78 is 11.6. The summed E-state index contributed by atoms with van der Waals surface area (Å²) in [7, 11) is 3.03. The van der Waals surface area contributed by atoms with Crippen LogP contribution < -0.4 is 14.4 Å². The van der Waals surface area contributed by atoms with Gasteiger partial charge in [0, 0.05) is 26.7 Å². The second-order valence-electron chi connectivity index (χ2n) is 7.64. The van der Waals surface area contributed by atoms with Crippen LogP contribution in [0.1, 0.15) is 27.6 Å². The molecule has 6 nitrogen and oxygen atoms in total.